The zero-order valence-electron chi connectivity index (χ0n) is 13.4. The number of sulfone groups is 1. The molecule has 1 aromatic carbocycles. The fourth-order valence-corrected chi connectivity index (χ4v) is 4.82. The van der Waals surface area contributed by atoms with E-state index in [1.54, 1.807) is 18.2 Å². The summed E-state index contributed by atoms with van der Waals surface area (Å²) in [5.41, 5.74) is 0.821. The Morgan fingerprint density at radius 2 is 2.16 bits per heavy atom. The standard InChI is InChI=1S/C16H18ClNO6S/c17-12-1-2-14-10(6-12)5-11(7-23-14)16(20)24-8-15(19)18-13-3-4-25(21,22)9-13/h1-2,6,11,13H,3-5,7-9H2,(H,18,19). The number of fused-ring (bicyclic) bond motifs is 1. The molecule has 1 fully saturated rings. The van der Waals surface area contributed by atoms with Gasteiger partial charge >= 0.3 is 5.97 Å². The van der Waals surface area contributed by atoms with E-state index in [-0.39, 0.29) is 18.1 Å². The third-order valence-electron chi connectivity index (χ3n) is 4.21. The van der Waals surface area contributed by atoms with Crippen LogP contribution in [0.4, 0.5) is 0 Å². The second-order valence-corrected chi connectivity index (χ2v) is 8.90. The number of hydrogen-bond acceptors (Lipinski definition) is 6. The van der Waals surface area contributed by atoms with E-state index < -0.39 is 40.3 Å². The number of hydrogen-bond donors (Lipinski definition) is 1. The van der Waals surface area contributed by atoms with Gasteiger partial charge in [0.15, 0.2) is 16.4 Å². The number of benzene rings is 1. The topological polar surface area (TPSA) is 98.8 Å². The van der Waals surface area contributed by atoms with Gasteiger partial charge in [-0.2, -0.15) is 0 Å². The number of esters is 1. The van der Waals surface area contributed by atoms with Gasteiger partial charge in [-0.25, -0.2) is 8.42 Å². The maximum atomic E-state index is 12.1. The minimum Gasteiger partial charge on any atom is -0.492 e. The van der Waals surface area contributed by atoms with E-state index in [2.05, 4.69) is 5.32 Å². The number of ether oxygens (including phenoxy) is 2. The van der Waals surface area contributed by atoms with Gasteiger partial charge in [-0.3, -0.25) is 9.59 Å². The average Bonchev–Trinajstić information content (AvgIpc) is 2.90. The maximum absolute atomic E-state index is 12.1. The minimum atomic E-state index is -3.07. The molecule has 3 rings (SSSR count). The molecule has 0 bridgehead atoms. The number of carbonyl (C=O) groups is 2. The predicted octanol–water partition coefficient (Wildman–Crippen LogP) is 0.738. The molecule has 2 unspecified atom stereocenters. The molecular weight excluding hydrogens is 370 g/mol. The lowest BCUT2D eigenvalue weighted by molar-refractivity contribution is -0.154. The molecule has 2 heterocycles. The van der Waals surface area contributed by atoms with Crippen molar-refractivity contribution >= 4 is 33.3 Å². The minimum absolute atomic E-state index is 0.0686. The Morgan fingerprint density at radius 3 is 2.88 bits per heavy atom. The lowest BCUT2D eigenvalue weighted by Crippen LogP contribution is -2.39. The average molecular weight is 388 g/mol. The largest absolute Gasteiger partial charge is 0.492 e. The molecule has 9 heteroatoms. The highest BCUT2D eigenvalue weighted by molar-refractivity contribution is 7.91. The highest BCUT2D eigenvalue weighted by Crippen LogP contribution is 2.30. The first-order valence-electron chi connectivity index (χ1n) is 7.90. The van der Waals surface area contributed by atoms with Crippen molar-refractivity contribution in [1.82, 2.24) is 5.32 Å². The van der Waals surface area contributed by atoms with E-state index in [0.29, 0.717) is 23.6 Å². The van der Waals surface area contributed by atoms with Crippen LogP contribution in [0.15, 0.2) is 18.2 Å². The van der Waals surface area contributed by atoms with E-state index in [9.17, 15) is 18.0 Å². The third kappa shape index (κ3) is 4.64. The Hall–Kier alpha value is -1.80. The second kappa shape index (κ2) is 7.21. The van der Waals surface area contributed by atoms with Gasteiger partial charge in [0.05, 0.1) is 17.4 Å². The van der Waals surface area contributed by atoms with Crippen molar-refractivity contribution in [1.29, 1.82) is 0 Å². The Bertz CT molecular complexity index is 794. The van der Waals surface area contributed by atoms with Crippen molar-refractivity contribution in [3.05, 3.63) is 28.8 Å². The third-order valence-corrected chi connectivity index (χ3v) is 6.21. The van der Waals surface area contributed by atoms with Gasteiger partial charge in [0, 0.05) is 11.1 Å². The normalized spacial score (nSPS) is 24.0. The van der Waals surface area contributed by atoms with E-state index in [4.69, 9.17) is 21.1 Å². The summed E-state index contributed by atoms with van der Waals surface area (Å²) in [5.74, 6) is -0.852. The summed E-state index contributed by atoms with van der Waals surface area (Å²) in [6.07, 6.45) is 0.813. The van der Waals surface area contributed by atoms with E-state index >= 15 is 0 Å². The van der Waals surface area contributed by atoms with Crippen molar-refractivity contribution in [2.75, 3.05) is 24.7 Å². The molecule has 0 saturated carbocycles. The number of amides is 1. The van der Waals surface area contributed by atoms with Gasteiger partial charge in [0.1, 0.15) is 12.4 Å². The van der Waals surface area contributed by atoms with Crippen LogP contribution in [0.5, 0.6) is 5.75 Å². The van der Waals surface area contributed by atoms with Gasteiger partial charge < -0.3 is 14.8 Å². The summed E-state index contributed by atoms with van der Waals surface area (Å²) < 4.78 is 33.3. The monoisotopic (exact) mass is 387 g/mol. The molecule has 136 valence electrons. The molecule has 2 aliphatic heterocycles. The summed E-state index contributed by atoms with van der Waals surface area (Å²) in [5, 5.41) is 3.13. The molecule has 0 aromatic heterocycles. The van der Waals surface area contributed by atoms with Gasteiger partial charge in [-0.05, 0) is 36.6 Å². The fourth-order valence-electron chi connectivity index (χ4n) is 2.95. The fraction of sp³-hybridized carbons (Fsp3) is 0.500. The molecule has 25 heavy (non-hydrogen) atoms. The SMILES string of the molecule is O=C(COC(=O)C1COc2ccc(Cl)cc2C1)NC1CCS(=O)(=O)C1. The molecule has 1 aromatic rings. The Balaban J connectivity index is 1.47. The first-order valence-corrected chi connectivity index (χ1v) is 10.1. The van der Waals surface area contributed by atoms with Crippen LogP contribution in [0, 0.1) is 5.92 Å². The van der Waals surface area contributed by atoms with Gasteiger partial charge in [0.2, 0.25) is 0 Å². The van der Waals surface area contributed by atoms with Crippen LogP contribution in [-0.4, -0.2) is 51.1 Å². The van der Waals surface area contributed by atoms with Crippen LogP contribution < -0.4 is 10.1 Å². The van der Waals surface area contributed by atoms with Crippen molar-refractivity contribution in [3.63, 3.8) is 0 Å². The summed E-state index contributed by atoms with van der Waals surface area (Å²) in [7, 11) is -3.07. The van der Waals surface area contributed by atoms with Crippen LogP contribution >= 0.6 is 11.6 Å². The maximum Gasteiger partial charge on any atom is 0.313 e. The zero-order valence-corrected chi connectivity index (χ0v) is 14.9. The first kappa shape index (κ1) is 18.0. The van der Waals surface area contributed by atoms with Gasteiger partial charge in [0.25, 0.3) is 5.91 Å². The van der Waals surface area contributed by atoms with Crippen LogP contribution in [0.2, 0.25) is 5.02 Å². The lowest BCUT2D eigenvalue weighted by Gasteiger charge is -2.24. The first-order chi connectivity index (χ1) is 11.8. The molecule has 2 atom stereocenters. The lowest BCUT2D eigenvalue weighted by atomic mass is 9.97. The molecule has 7 nitrogen and oxygen atoms in total. The van der Waals surface area contributed by atoms with Crippen molar-refractivity contribution < 1.29 is 27.5 Å². The van der Waals surface area contributed by atoms with Crippen molar-refractivity contribution in [3.8, 4) is 5.75 Å². The van der Waals surface area contributed by atoms with Crippen molar-refractivity contribution in [2.45, 2.75) is 18.9 Å². The highest BCUT2D eigenvalue weighted by Gasteiger charge is 2.30. The quantitative estimate of drug-likeness (QED) is 0.765. The molecule has 2 aliphatic rings. The Labute approximate surface area is 150 Å². The van der Waals surface area contributed by atoms with E-state index in [0.717, 1.165) is 5.56 Å². The smallest absolute Gasteiger partial charge is 0.313 e. The summed E-state index contributed by atoms with van der Waals surface area (Å²) in [4.78, 5) is 23.9. The Kier molecular flexibility index (Phi) is 5.19. The molecular formula is C16H18ClNO6S. The second-order valence-electron chi connectivity index (χ2n) is 6.24. The van der Waals surface area contributed by atoms with Crippen LogP contribution in [0.1, 0.15) is 12.0 Å². The van der Waals surface area contributed by atoms with E-state index in [1.807, 2.05) is 0 Å². The van der Waals surface area contributed by atoms with E-state index in [1.165, 1.54) is 0 Å². The molecule has 0 radical (unpaired) electrons. The van der Waals surface area contributed by atoms with Crippen LogP contribution in [-0.2, 0) is 30.6 Å². The summed E-state index contributed by atoms with van der Waals surface area (Å²) in [6, 6.07) is 4.79. The van der Waals surface area contributed by atoms with Crippen molar-refractivity contribution in [2.24, 2.45) is 5.92 Å². The summed E-state index contributed by atoms with van der Waals surface area (Å²) >= 11 is 5.94. The number of carbonyl (C=O) groups excluding carboxylic acids is 2. The molecule has 1 saturated heterocycles. The van der Waals surface area contributed by atoms with Crippen LogP contribution in [0.25, 0.3) is 0 Å². The summed E-state index contributed by atoms with van der Waals surface area (Å²) in [6.45, 7) is -0.260. The Morgan fingerprint density at radius 1 is 1.36 bits per heavy atom. The highest BCUT2D eigenvalue weighted by atomic mass is 35.5. The van der Waals surface area contributed by atoms with Gasteiger partial charge in [-0.15, -0.1) is 0 Å². The van der Waals surface area contributed by atoms with Gasteiger partial charge in [-0.1, -0.05) is 11.6 Å². The zero-order chi connectivity index (χ0) is 18.0. The molecule has 1 amide bonds. The number of nitrogens with one attached hydrogen (secondary N) is 1. The number of rotatable bonds is 4. The molecule has 0 spiro atoms. The number of halogens is 1. The molecule has 0 aliphatic carbocycles. The molecule has 1 N–H and O–H groups in total. The van der Waals surface area contributed by atoms with Crippen LogP contribution in [0.3, 0.4) is 0 Å². The predicted molar refractivity (Wildman–Crippen MR) is 90.3 cm³/mol.